The van der Waals surface area contributed by atoms with Crippen molar-refractivity contribution in [1.29, 1.82) is 0 Å². The first-order valence-electron chi connectivity index (χ1n) is 8.33. The molecular weight excluding hydrogens is 296 g/mol. The molecule has 1 amide bonds. The number of halogens is 1. The molecule has 1 aliphatic heterocycles. The number of rotatable bonds is 3. The lowest BCUT2D eigenvalue weighted by Crippen LogP contribution is -2.43. The van der Waals surface area contributed by atoms with E-state index >= 15 is 0 Å². The summed E-state index contributed by atoms with van der Waals surface area (Å²) in [7, 11) is 0. The largest absolute Gasteiger partial charge is 0.355 e. The van der Waals surface area contributed by atoms with Crippen molar-refractivity contribution in [3.63, 3.8) is 0 Å². The third-order valence-electron chi connectivity index (χ3n) is 5.01. The van der Waals surface area contributed by atoms with Gasteiger partial charge in [-0.3, -0.25) is 4.79 Å². The van der Waals surface area contributed by atoms with Crippen LogP contribution in [0.3, 0.4) is 0 Å². The number of aryl methyl sites for hydroxylation is 1. The highest BCUT2D eigenvalue weighted by molar-refractivity contribution is 5.85. The lowest BCUT2D eigenvalue weighted by atomic mass is 9.82. The summed E-state index contributed by atoms with van der Waals surface area (Å²) in [5.41, 5.74) is 2.92. The highest BCUT2D eigenvalue weighted by atomic mass is 35.5. The van der Waals surface area contributed by atoms with Gasteiger partial charge in [-0.1, -0.05) is 24.3 Å². The van der Waals surface area contributed by atoms with Crippen molar-refractivity contribution in [2.24, 2.45) is 5.92 Å². The molecule has 2 N–H and O–H groups in total. The number of fused-ring (bicyclic) bond motifs is 1. The predicted molar refractivity (Wildman–Crippen MR) is 92.6 cm³/mol. The van der Waals surface area contributed by atoms with E-state index in [-0.39, 0.29) is 24.2 Å². The Kier molecular flexibility index (Phi) is 6.27. The van der Waals surface area contributed by atoms with Crippen LogP contribution < -0.4 is 10.6 Å². The number of amides is 1. The summed E-state index contributed by atoms with van der Waals surface area (Å²) in [6.07, 6.45) is 5.55. The minimum Gasteiger partial charge on any atom is -0.355 e. The number of hydrogen-bond donors (Lipinski definition) is 2. The van der Waals surface area contributed by atoms with E-state index in [9.17, 15) is 4.79 Å². The Bertz CT molecular complexity index is 506. The normalized spacial score (nSPS) is 27.4. The van der Waals surface area contributed by atoms with Gasteiger partial charge in [0.05, 0.1) is 0 Å². The van der Waals surface area contributed by atoms with Crippen LogP contribution in [0.2, 0.25) is 0 Å². The molecular formula is C18H27ClN2O. The number of nitrogens with one attached hydrogen (secondary N) is 2. The van der Waals surface area contributed by atoms with Gasteiger partial charge in [-0.25, -0.2) is 0 Å². The third kappa shape index (κ3) is 4.02. The molecule has 3 rings (SSSR count). The second-order valence-electron chi connectivity index (χ2n) is 6.61. The van der Waals surface area contributed by atoms with Gasteiger partial charge >= 0.3 is 0 Å². The first-order valence-corrected chi connectivity index (χ1v) is 8.33. The maximum absolute atomic E-state index is 12.4. The predicted octanol–water partition coefficient (Wildman–Crippen LogP) is 3.03. The molecule has 0 radical (unpaired) electrons. The molecule has 4 heteroatoms. The number of piperidine rings is 1. The van der Waals surface area contributed by atoms with Gasteiger partial charge < -0.3 is 10.6 Å². The Labute approximate surface area is 139 Å². The molecule has 1 aromatic rings. The van der Waals surface area contributed by atoms with Crippen molar-refractivity contribution in [2.45, 2.75) is 51.0 Å². The van der Waals surface area contributed by atoms with Gasteiger partial charge in [0.1, 0.15) is 0 Å². The van der Waals surface area contributed by atoms with Crippen LogP contribution in [0.5, 0.6) is 0 Å². The second-order valence-corrected chi connectivity index (χ2v) is 6.61. The molecule has 1 heterocycles. The average molecular weight is 323 g/mol. The molecule has 0 saturated carbocycles. The van der Waals surface area contributed by atoms with Crippen LogP contribution in [0.15, 0.2) is 24.3 Å². The van der Waals surface area contributed by atoms with Crippen LogP contribution in [0, 0.1) is 5.92 Å². The fourth-order valence-corrected chi connectivity index (χ4v) is 3.80. The fourth-order valence-electron chi connectivity index (χ4n) is 3.80. The average Bonchev–Trinajstić information content (AvgIpc) is 2.52. The molecule has 1 saturated heterocycles. The van der Waals surface area contributed by atoms with Gasteiger partial charge in [0, 0.05) is 24.4 Å². The zero-order chi connectivity index (χ0) is 14.7. The monoisotopic (exact) mass is 322 g/mol. The van der Waals surface area contributed by atoms with Gasteiger partial charge in [-0.2, -0.15) is 0 Å². The zero-order valence-corrected chi connectivity index (χ0v) is 14.1. The van der Waals surface area contributed by atoms with E-state index in [1.54, 1.807) is 0 Å². The van der Waals surface area contributed by atoms with Crippen LogP contribution in [0.4, 0.5) is 0 Å². The third-order valence-corrected chi connectivity index (χ3v) is 5.01. The summed E-state index contributed by atoms with van der Waals surface area (Å²) < 4.78 is 0. The lowest BCUT2D eigenvalue weighted by molar-refractivity contribution is -0.126. The zero-order valence-electron chi connectivity index (χ0n) is 13.3. The van der Waals surface area contributed by atoms with Crippen molar-refractivity contribution in [3.05, 3.63) is 35.4 Å². The molecule has 0 bridgehead atoms. The molecule has 22 heavy (non-hydrogen) atoms. The van der Waals surface area contributed by atoms with Crippen molar-refractivity contribution in [3.8, 4) is 0 Å². The standard InChI is InChI=1S/C18H26N2O.ClH/c1-13-11-15(9-10-19-13)18(21)20-12-16-7-4-6-14-5-2-3-8-17(14)16;/h2-3,5,8,13,15-16,19H,4,6-7,9-12H2,1H3,(H,20,21);1H/t13-,15-,16?;/m0./s1. The fraction of sp³-hybridized carbons (Fsp3) is 0.611. The van der Waals surface area contributed by atoms with E-state index in [1.807, 2.05) is 0 Å². The maximum atomic E-state index is 12.4. The smallest absolute Gasteiger partial charge is 0.223 e. The topological polar surface area (TPSA) is 41.1 Å². The van der Waals surface area contributed by atoms with Crippen LogP contribution in [0.25, 0.3) is 0 Å². The highest BCUT2D eigenvalue weighted by Gasteiger charge is 2.26. The first-order chi connectivity index (χ1) is 10.2. The molecule has 3 atom stereocenters. The van der Waals surface area contributed by atoms with Gasteiger partial charge in [0.25, 0.3) is 0 Å². The molecule has 1 unspecified atom stereocenters. The SMILES string of the molecule is C[C@H]1C[C@@H](C(=O)NCC2CCCc3ccccc32)CCN1.Cl. The van der Waals surface area contributed by atoms with E-state index in [2.05, 4.69) is 41.8 Å². The second kappa shape index (κ2) is 7.98. The Morgan fingerprint density at radius 3 is 2.95 bits per heavy atom. The molecule has 0 aromatic heterocycles. The molecule has 122 valence electrons. The van der Waals surface area contributed by atoms with E-state index in [1.165, 1.54) is 30.4 Å². The summed E-state index contributed by atoms with van der Waals surface area (Å²) in [6.45, 7) is 3.93. The summed E-state index contributed by atoms with van der Waals surface area (Å²) in [6, 6.07) is 9.17. The van der Waals surface area contributed by atoms with Crippen LogP contribution in [0.1, 0.15) is 49.7 Å². The summed E-state index contributed by atoms with van der Waals surface area (Å²) in [4.78, 5) is 12.4. The number of hydrogen-bond acceptors (Lipinski definition) is 2. The lowest BCUT2D eigenvalue weighted by Gasteiger charge is -2.29. The number of carbonyl (C=O) groups excluding carboxylic acids is 1. The highest BCUT2D eigenvalue weighted by Crippen LogP contribution is 2.31. The van der Waals surface area contributed by atoms with Gasteiger partial charge in [0.2, 0.25) is 5.91 Å². The minimum absolute atomic E-state index is 0. The molecule has 1 fully saturated rings. The van der Waals surface area contributed by atoms with Gasteiger partial charge in [-0.05, 0) is 56.7 Å². The van der Waals surface area contributed by atoms with Crippen LogP contribution in [-0.4, -0.2) is 25.0 Å². The van der Waals surface area contributed by atoms with Crippen molar-refractivity contribution >= 4 is 18.3 Å². The maximum Gasteiger partial charge on any atom is 0.223 e. The Balaban J connectivity index is 0.00000176. The Hall–Kier alpha value is -1.06. The van der Waals surface area contributed by atoms with Gasteiger partial charge in [-0.15, -0.1) is 12.4 Å². The van der Waals surface area contributed by atoms with E-state index in [4.69, 9.17) is 0 Å². The quantitative estimate of drug-likeness (QED) is 0.898. The van der Waals surface area contributed by atoms with Crippen molar-refractivity contribution in [2.75, 3.05) is 13.1 Å². The molecule has 0 spiro atoms. The number of benzene rings is 1. The minimum atomic E-state index is 0. The molecule has 1 aliphatic carbocycles. The van der Waals surface area contributed by atoms with E-state index in [0.29, 0.717) is 12.0 Å². The first kappa shape index (κ1) is 17.3. The number of carbonyl (C=O) groups is 1. The Morgan fingerprint density at radius 1 is 1.32 bits per heavy atom. The van der Waals surface area contributed by atoms with Crippen LogP contribution >= 0.6 is 12.4 Å². The molecule has 2 aliphatic rings. The van der Waals surface area contributed by atoms with E-state index < -0.39 is 0 Å². The van der Waals surface area contributed by atoms with E-state index in [0.717, 1.165) is 25.9 Å². The van der Waals surface area contributed by atoms with Crippen LogP contribution in [-0.2, 0) is 11.2 Å². The van der Waals surface area contributed by atoms with Crippen molar-refractivity contribution in [1.82, 2.24) is 10.6 Å². The molecule has 3 nitrogen and oxygen atoms in total. The van der Waals surface area contributed by atoms with Crippen molar-refractivity contribution < 1.29 is 4.79 Å². The summed E-state index contributed by atoms with van der Waals surface area (Å²) in [5.74, 6) is 0.949. The Morgan fingerprint density at radius 2 is 2.14 bits per heavy atom. The molecule has 1 aromatic carbocycles. The summed E-state index contributed by atoms with van der Waals surface area (Å²) >= 11 is 0. The van der Waals surface area contributed by atoms with Gasteiger partial charge in [0.15, 0.2) is 0 Å². The summed E-state index contributed by atoms with van der Waals surface area (Å²) in [5, 5.41) is 6.62.